The van der Waals surface area contributed by atoms with Gasteiger partial charge in [0, 0.05) is 43.0 Å². The predicted molar refractivity (Wildman–Crippen MR) is 95.5 cm³/mol. The molecule has 0 unspecified atom stereocenters. The van der Waals surface area contributed by atoms with Gasteiger partial charge < -0.3 is 10.0 Å². The van der Waals surface area contributed by atoms with Crippen LogP contribution in [0, 0.1) is 0 Å². The summed E-state index contributed by atoms with van der Waals surface area (Å²) in [5.41, 5.74) is -0.556. The summed E-state index contributed by atoms with van der Waals surface area (Å²) in [6.07, 6.45) is -4.84. The molecule has 0 aromatic heterocycles. The summed E-state index contributed by atoms with van der Waals surface area (Å²) in [6, 6.07) is 9.14. The molecule has 1 saturated heterocycles. The highest BCUT2D eigenvalue weighted by Gasteiger charge is 2.40. The van der Waals surface area contributed by atoms with Gasteiger partial charge in [0.25, 0.3) is 0 Å². The van der Waals surface area contributed by atoms with Crippen molar-refractivity contribution in [2.45, 2.75) is 11.1 Å². The number of hydrogen-bond donors (Lipinski definition) is 1. The van der Waals surface area contributed by atoms with Crippen LogP contribution in [0.5, 0.6) is 5.75 Å². The van der Waals surface area contributed by atoms with E-state index in [9.17, 15) is 26.7 Å². The first kappa shape index (κ1) is 19.8. The predicted octanol–water partition coefficient (Wildman–Crippen LogP) is 3.58. The molecule has 5 nitrogen and oxygen atoms in total. The molecular formula is C17H16ClF3N2O3S. The number of nitrogens with zero attached hydrogens (tertiary/aromatic N) is 2. The minimum absolute atomic E-state index is 0.0257. The van der Waals surface area contributed by atoms with Crippen molar-refractivity contribution in [2.75, 3.05) is 31.1 Å². The summed E-state index contributed by atoms with van der Waals surface area (Å²) < 4.78 is 66.4. The molecule has 3 rings (SSSR count). The van der Waals surface area contributed by atoms with E-state index in [1.165, 1.54) is 6.07 Å². The number of rotatable bonds is 3. The standard InChI is InChI=1S/C17H16ClF3N2O3S/c18-12-4-5-16(15(10-12)17(19,20)21)27(25,26)23-8-6-22(7-9-23)13-2-1-3-14(24)11-13/h1-5,10-11,24H,6-9H2. The van der Waals surface area contributed by atoms with Crippen LogP contribution in [0.3, 0.4) is 0 Å². The first-order chi connectivity index (χ1) is 12.6. The van der Waals surface area contributed by atoms with Crippen LogP contribution < -0.4 is 4.90 Å². The molecule has 27 heavy (non-hydrogen) atoms. The number of benzene rings is 2. The van der Waals surface area contributed by atoms with Crippen molar-refractivity contribution < 1.29 is 26.7 Å². The zero-order valence-corrected chi connectivity index (χ0v) is 15.5. The van der Waals surface area contributed by atoms with Crippen LogP contribution in [0.4, 0.5) is 18.9 Å². The lowest BCUT2D eigenvalue weighted by Gasteiger charge is -2.35. The smallest absolute Gasteiger partial charge is 0.417 e. The maximum atomic E-state index is 13.3. The van der Waals surface area contributed by atoms with Crippen LogP contribution in [-0.4, -0.2) is 44.0 Å². The molecule has 1 aliphatic heterocycles. The van der Waals surface area contributed by atoms with E-state index in [4.69, 9.17) is 11.6 Å². The fourth-order valence-electron chi connectivity index (χ4n) is 2.96. The zero-order chi connectivity index (χ0) is 19.8. The fourth-order valence-corrected chi connectivity index (χ4v) is 4.75. The second-order valence-electron chi connectivity index (χ2n) is 6.05. The molecule has 1 N–H and O–H groups in total. The summed E-state index contributed by atoms with van der Waals surface area (Å²) in [5.74, 6) is 0.0820. The van der Waals surface area contributed by atoms with Gasteiger partial charge in [0.15, 0.2) is 0 Å². The summed E-state index contributed by atoms with van der Waals surface area (Å²) >= 11 is 5.62. The lowest BCUT2D eigenvalue weighted by molar-refractivity contribution is -0.139. The molecule has 0 spiro atoms. The van der Waals surface area contributed by atoms with Crippen LogP contribution in [0.15, 0.2) is 47.4 Å². The van der Waals surface area contributed by atoms with Gasteiger partial charge in [0.2, 0.25) is 10.0 Å². The normalized spacial score (nSPS) is 16.5. The van der Waals surface area contributed by atoms with E-state index in [2.05, 4.69) is 0 Å². The Morgan fingerprint density at radius 3 is 2.26 bits per heavy atom. The van der Waals surface area contributed by atoms with Crippen LogP contribution in [0.1, 0.15) is 5.56 Å². The van der Waals surface area contributed by atoms with Crippen LogP contribution in [0.25, 0.3) is 0 Å². The van der Waals surface area contributed by atoms with E-state index in [1.807, 2.05) is 4.90 Å². The number of alkyl halides is 3. The van der Waals surface area contributed by atoms with E-state index in [-0.39, 0.29) is 37.0 Å². The molecule has 146 valence electrons. The SMILES string of the molecule is O=S(=O)(c1ccc(Cl)cc1C(F)(F)F)N1CCN(c2cccc(O)c2)CC1. The number of aromatic hydroxyl groups is 1. The number of phenols is 1. The molecule has 1 aliphatic rings. The van der Waals surface area contributed by atoms with Gasteiger partial charge in [0.1, 0.15) is 5.75 Å². The number of phenolic OH excluding ortho intramolecular Hbond substituents is 1. The largest absolute Gasteiger partial charge is 0.508 e. The average Bonchev–Trinajstić information content (AvgIpc) is 2.61. The lowest BCUT2D eigenvalue weighted by Crippen LogP contribution is -2.48. The third-order valence-corrected chi connectivity index (χ3v) is 6.49. The van der Waals surface area contributed by atoms with Crippen LogP contribution >= 0.6 is 11.6 Å². The monoisotopic (exact) mass is 420 g/mol. The second-order valence-corrected chi connectivity index (χ2v) is 8.39. The Balaban J connectivity index is 1.84. The highest BCUT2D eigenvalue weighted by molar-refractivity contribution is 7.89. The van der Waals surface area contributed by atoms with Crippen molar-refractivity contribution in [3.05, 3.63) is 53.1 Å². The Hall–Kier alpha value is -1.97. The molecule has 0 bridgehead atoms. The van der Waals surface area contributed by atoms with Crippen molar-refractivity contribution in [3.8, 4) is 5.75 Å². The number of sulfonamides is 1. The first-order valence-corrected chi connectivity index (χ1v) is 9.82. The van der Waals surface area contributed by atoms with Gasteiger partial charge in [-0.05, 0) is 30.3 Å². The zero-order valence-electron chi connectivity index (χ0n) is 13.9. The number of anilines is 1. The van der Waals surface area contributed by atoms with Gasteiger partial charge >= 0.3 is 6.18 Å². The Labute approximate surface area is 159 Å². The quantitative estimate of drug-likeness (QED) is 0.824. The highest BCUT2D eigenvalue weighted by Crippen LogP contribution is 2.37. The van der Waals surface area contributed by atoms with Crippen molar-refractivity contribution in [2.24, 2.45) is 0 Å². The van der Waals surface area contributed by atoms with Gasteiger partial charge in [-0.2, -0.15) is 17.5 Å². The van der Waals surface area contributed by atoms with Crippen molar-refractivity contribution >= 4 is 27.3 Å². The van der Waals surface area contributed by atoms with E-state index >= 15 is 0 Å². The minimum Gasteiger partial charge on any atom is -0.508 e. The molecule has 0 aliphatic carbocycles. The lowest BCUT2D eigenvalue weighted by atomic mass is 10.2. The van der Waals surface area contributed by atoms with Gasteiger partial charge in [0.05, 0.1) is 10.5 Å². The topological polar surface area (TPSA) is 60.9 Å². The van der Waals surface area contributed by atoms with Gasteiger partial charge in [-0.15, -0.1) is 0 Å². The highest BCUT2D eigenvalue weighted by atomic mass is 35.5. The molecule has 2 aromatic rings. The Bertz CT molecular complexity index is 943. The van der Waals surface area contributed by atoms with E-state index in [0.29, 0.717) is 6.07 Å². The van der Waals surface area contributed by atoms with Crippen molar-refractivity contribution in [3.63, 3.8) is 0 Å². The minimum atomic E-state index is -4.84. The molecule has 0 saturated carbocycles. The van der Waals surface area contributed by atoms with E-state index in [1.54, 1.807) is 18.2 Å². The maximum absolute atomic E-state index is 13.3. The Morgan fingerprint density at radius 2 is 1.67 bits per heavy atom. The van der Waals surface area contributed by atoms with Gasteiger partial charge in [-0.1, -0.05) is 17.7 Å². The average molecular weight is 421 g/mol. The maximum Gasteiger partial charge on any atom is 0.417 e. The Kier molecular flexibility index (Phi) is 5.29. The van der Waals surface area contributed by atoms with E-state index < -0.39 is 26.7 Å². The summed E-state index contributed by atoms with van der Waals surface area (Å²) in [5, 5.41) is 9.37. The summed E-state index contributed by atoms with van der Waals surface area (Å²) in [7, 11) is -4.33. The summed E-state index contributed by atoms with van der Waals surface area (Å²) in [4.78, 5) is 1.06. The van der Waals surface area contributed by atoms with Crippen molar-refractivity contribution in [1.29, 1.82) is 0 Å². The van der Waals surface area contributed by atoms with Crippen LogP contribution in [0.2, 0.25) is 5.02 Å². The fraction of sp³-hybridized carbons (Fsp3) is 0.294. The van der Waals surface area contributed by atoms with Gasteiger partial charge in [-0.25, -0.2) is 8.42 Å². The third kappa shape index (κ3) is 4.15. The molecular weight excluding hydrogens is 405 g/mol. The molecule has 1 heterocycles. The molecule has 2 aromatic carbocycles. The number of piperazine rings is 1. The third-order valence-electron chi connectivity index (χ3n) is 4.30. The molecule has 0 amide bonds. The molecule has 0 radical (unpaired) electrons. The number of halogens is 4. The van der Waals surface area contributed by atoms with Crippen LogP contribution in [-0.2, 0) is 16.2 Å². The molecule has 10 heteroatoms. The second kappa shape index (κ2) is 7.21. The number of hydrogen-bond acceptors (Lipinski definition) is 4. The summed E-state index contributed by atoms with van der Waals surface area (Å²) in [6.45, 7) is 0.630. The molecule has 1 fully saturated rings. The van der Waals surface area contributed by atoms with E-state index in [0.717, 1.165) is 22.1 Å². The molecule has 0 atom stereocenters. The first-order valence-electron chi connectivity index (χ1n) is 8.00. The Morgan fingerprint density at radius 1 is 1.00 bits per heavy atom. The van der Waals surface area contributed by atoms with Gasteiger partial charge in [-0.3, -0.25) is 0 Å². The van der Waals surface area contributed by atoms with Crippen molar-refractivity contribution in [1.82, 2.24) is 4.31 Å².